The predicted molar refractivity (Wildman–Crippen MR) is 105 cm³/mol. The molecule has 0 aliphatic heterocycles. The van der Waals surface area contributed by atoms with E-state index in [-0.39, 0.29) is 23.2 Å². The van der Waals surface area contributed by atoms with E-state index in [2.05, 4.69) is 15.5 Å². The van der Waals surface area contributed by atoms with Crippen molar-refractivity contribution < 1.29 is 18.7 Å². The molecule has 4 aromatic rings. The Hall–Kier alpha value is -4.27. The van der Waals surface area contributed by atoms with E-state index in [0.29, 0.717) is 12.0 Å². The minimum Gasteiger partial charge on any atom is -0.459 e. The Morgan fingerprint density at radius 2 is 1.83 bits per heavy atom. The lowest BCUT2D eigenvalue weighted by Crippen LogP contribution is -2.30. The molecule has 0 aliphatic rings. The fourth-order valence-electron chi connectivity index (χ4n) is 2.91. The molecule has 0 bridgehead atoms. The van der Waals surface area contributed by atoms with E-state index in [9.17, 15) is 14.9 Å². The number of nitro groups is 1. The number of nitrogens with zero attached hydrogens (tertiary/aromatic N) is 3. The Labute approximate surface area is 170 Å². The van der Waals surface area contributed by atoms with Crippen LogP contribution in [0.1, 0.15) is 28.1 Å². The first-order chi connectivity index (χ1) is 14.6. The van der Waals surface area contributed by atoms with Gasteiger partial charge in [0.25, 0.3) is 11.6 Å². The summed E-state index contributed by atoms with van der Waals surface area (Å²) in [7, 11) is 0. The van der Waals surface area contributed by atoms with Crippen LogP contribution >= 0.6 is 0 Å². The number of amides is 1. The van der Waals surface area contributed by atoms with Crippen LogP contribution in [0.25, 0.3) is 11.4 Å². The first-order valence-electron chi connectivity index (χ1n) is 9.07. The fraction of sp³-hybridized carbons (Fsp3) is 0.0952. The van der Waals surface area contributed by atoms with E-state index in [1.807, 2.05) is 30.3 Å². The molecular weight excluding hydrogens is 388 g/mol. The minimum atomic E-state index is -0.593. The third kappa shape index (κ3) is 4.25. The number of hydrogen-bond donors (Lipinski definition) is 1. The van der Waals surface area contributed by atoms with Crippen molar-refractivity contribution in [3.63, 3.8) is 0 Å². The highest BCUT2D eigenvalue weighted by atomic mass is 16.6. The number of carbonyl (C=O) groups excluding carboxylic acids is 1. The lowest BCUT2D eigenvalue weighted by molar-refractivity contribution is -0.384. The van der Waals surface area contributed by atoms with Crippen molar-refractivity contribution >= 4 is 11.6 Å². The molecule has 0 radical (unpaired) electrons. The lowest BCUT2D eigenvalue weighted by Gasteiger charge is -2.14. The maximum atomic E-state index is 12.5. The van der Waals surface area contributed by atoms with Crippen LogP contribution in [0.3, 0.4) is 0 Å². The van der Waals surface area contributed by atoms with Crippen LogP contribution in [-0.2, 0) is 6.42 Å². The van der Waals surface area contributed by atoms with Crippen molar-refractivity contribution in [1.82, 2.24) is 15.5 Å². The van der Waals surface area contributed by atoms with Crippen LogP contribution in [0, 0.1) is 10.1 Å². The molecule has 2 heterocycles. The zero-order valence-electron chi connectivity index (χ0n) is 15.6. The highest BCUT2D eigenvalue weighted by Crippen LogP contribution is 2.23. The second kappa shape index (κ2) is 8.39. The maximum absolute atomic E-state index is 12.5. The van der Waals surface area contributed by atoms with Gasteiger partial charge in [0.2, 0.25) is 11.7 Å². The van der Waals surface area contributed by atoms with Crippen LogP contribution in [0.2, 0.25) is 0 Å². The Morgan fingerprint density at radius 1 is 1.07 bits per heavy atom. The summed E-state index contributed by atoms with van der Waals surface area (Å²) in [5, 5.41) is 17.6. The molecule has 0 unspecified atom stereocenters. The highest BCUT2D eigenvalue weighted by Gasteiger charge is 2.24. The Bertz CT molecular complexity index is 1140. The van der Waals surface area contributed by atoms with Gasteiger partial charge in [-0.2, -0.15) is 4.98 Å². The first kappa shape index (κ1) is 19.1. The zero-order valence-corrected chi connectivity index (χ0v) is 15.6. The number of benzene rings is 2. The molecule has 1 atom stereocenters. The van der Waals surface area contributed by atoms with Crippen LogP contribution < -0.4 is 5.32 Å². The van der Waals surface area contributed by atoms with Crippen molar-refractivity contribution in [3.05, 3.63) is 100 Å². The lowest BCUT2D eigenvalue weighted by atomic mass is 10.1. The van der Waals surface area contributed by atoms with Gasteiger partial charge >= 0.3 is 0 Å². The number of nitrogens with one attached hydrogen (secondary N) is 1. The molecule has 150 valence electrons. The van der Waals surface area contributed by atoms with Gasteiger partial charge in [0, 0.05) is 24.1 Å². The van der Waals surface area contributed by atoms with Gasteiger partial charge in [0.05, 0.1) is 11.2 Å². The summed E-state index contributed by atoms with van der Waals surface area (Å²) in [6.07, 6.45) is 1.84. The summed E-state index contributed by atoms with van der Waals surface area (Å²) in [5.74, 6) is 0.247. The van der Waals surface area contributed by atoms with Crippen LogP contribution in [-0.4, -0.2) is 21.0 Å². The Kier molecular flexibility index (Phi) is 5.33. The molecule has 1 N–H and O–H groups in total. The summed E-state index contributed by atoms with van der Waals surface area (Å²) >= 11 is 0. The maximum Gasteiger partial charge on any atom is 0.287 e. The monoisotopic (exact) mass is 404 g/mol. The minimum absolute atomic E-state index is 0.0323. The van der Waals surface area contributed by atoms with E-state index in [0.717, 1.165) is 5.56 Å². The molecule has 2 aromatic carbocycles. The Balaban J connectivity index is 1.60. The molecule has 0 spiro atoms. The van der Waals surface area contributed by atoms with Gasteiger partial charge < -0.3 is 14.3 Å². The van der Waals surface area contributed by atoms with Gasteiger partial charge in [-0.15, -0.1) is 0 Å². The van der Waals surface area contributed by atoms with Crippen LogP contribution in [0.4, 0.5) is 5.69 Å². The van der Waals surface area contributed by atoms with Gasteiger partial charge in [0.1, 0.15) is 6.04 Å². The third-order valence-corrected chi connectivity index (χ3v) is 4.41. The topological polar surface area (TPSA) is 124 Å². The fourth-order valence-corrected chi connectivity index (χ4v) is 2.91. The SMILES string of the molecule is O=C(N[C@H](Cc1ccccc1)c1nc(-c2ccc([N+](=O)[O-])cc2)no1)c1ccco1. The number of nitro benzene ring substituents is 1. The summed E-state index contributed by atoms with van der Waals surface area (Å²) < 4.78 is 10.6. The summed E-state index contributed by atoms with van der Waals surface area (Å²) in [6, 6.07) is 18.0. The molecule has 2 aromatic heterocycles. The summed E-state index contributed by atoms with van der Waals surface area (Å²) in [5.41, 5.74) is 1.50. The van der Waals surface area contributed by atoms with E-state index in [1.54, 1.807) is 24.3 Å². The normalized spacial score (nSPS) is 11.7. The van der Waals surface area contributed by atoms with E-state index in [4.69, 9.17) is 8.94 Å². The van der Waals surface area contributed by atoms with Crippen molar-refractivity contribution in [1.29, 1.82) is 0 Å². The molecule has 30 heavy (non-hydrogen) atoms. The van der Waals surface area contributed by atoms with Gasteiger partial charge in [-0.1, -0.05) is 35.5 Å². The number of hydrogen-bond acceptors (Lipinski definition) is 7. The second-order valence-electron chi connectivity index (χ2n) is 6.45. The number of non-ortho nitro benzene ring substituents is 1. The van der Waals surface area contributed by atoms with Gasteiger partial charge in [0.15, 0.2) is 5.76 Å². The average Bonchev–Trinajstić information content (AvgIpc) is 3.47. The summed E-state index contributed by atoms with van der Waals surface area (Å²) in [6.45, 7) is 0. The van der Waals surface area contributed by atoms with Gasteiger partial charge in [-0.05, 0) is 29.8 Å². The van der Waals surface area contributed by atoms with Crippen molar-refractivity contribution in [3.8, 4) is 11.4 Å². The predicted octanol–water partition coefficient (Wildman–Crippen LogP) is 3.95. The molecular formula is C21H16N4O5. The van der Waals surface area contributed by atoms with Crippen molar-refractivity contribution in [2.45, 2.75) is 12.5 Å². The van der Waals surface area contributed by atoms with E-state index < -0.39 is 16.9 Å². The number of furan rings is 1. The standard InChI is InChI=1S/C21H16N4O5/c26-20(18-7-4-12-29-18)22-17(13-14-5-2-1-3-6-14)21-23-19(24-30-21)15-8-10-16(11-9-15)25(27)28/h1-12,17H,13H2,(H,22,26)/t17-/m1/s1. The van der Waals surface area contributed by atoms with Gasteiger partial charge in [-0.25, -0.2) is 0 Å². The molecule has 0 saturated heterocycles. The molecule has 0 saturated carbocycles. The van der Waals surface area contributed by atoms with Crippen LogP contribution in [0.5, 0.6) is 0 Å². The van der Waals surface area contributed by atoms with E-state index >= 15 is 0 Å². The third-order valence-electron chi connectivity index (χ3n) is 4.41. The largest absolute Gasteiger partial charge is 0.459 e. The number of carbonyl (C=O) groups is 1. The van der Waals surface area contributed by atoms with Crippen molar-refractivity contribution in [2.24, 2.45) is 0 Å². The van der Waals surface area contributed by atoms with Crippen molar-refractivity contribution in [2.75, 3.05) is 0 Å². The molecule has 0 aliphatic carbocycles. The zero-order chi connectivity index (χ0) is 20.9. The summed E-state index contributed by atoms with van der Waals surface area (Å²) in [4.78, 5) is 27.2. The number of aromatic nitrogens is 2. The molecule has 9 heteroatoms. The molecule has 1 amide bonds. The first-order valence-corrected chi connectivity index (χ1v) is 9.07. The number of rotatable bonds is 7. The average molecular weight is 404 g/mol. The smallest absolute Gasteiger partial charge is 0.287 e. The quantitative estimate of drug-likeness (QED) is 0.365. The van der Waals surface area contributed by atoms with E-state index in [1.165, 1.54) is 18.4 Å². The molecule has 4 rings (SSSR count). The second-order valence-corrected chi connectivity index (χ2v) is 6.45. The molecule has 0 fully saturated rings. The highest BCUT2D eigenvalue weighted by molar-refractivity contribution is 5.91. The van der Waals surface area contributed by atoms with Crippen LogP contribution in [0.15, 0.2) is 81.9 Å². The molecule has 9 nitrogen and oxygen atoms in total. The van der Waals surface area contributed by atoms with Gasteiger partial charge in [-0.3, -0.25) is 14.9 Å². The Morgan fingerprint density at radius 3 is 2.50 bits per heavy atom.